The summed E-state index contributed by atoms with van der Waals surface area (Å²) in [5, 5.41) is 8.57. The van der Waals surface area contributed by atoms with E-state index in [1.54, 1.807) is 0 Å². The van der Waals surface area contributed by atoms with E-state index in [0.29, 0.717) is 0 Å². The van der Waals surface area contributed by atoms with Crippen LogP contribution >= 0.6 is 0 Å². The third-order valence-electron chi connectivity index (χ3n) is 19.6. The molecule has 446 valence electrons. The second kappa shape index (κ2) is 22.7. The van der Waals surface area contributed by atoms with Gasteiger partial charge >= 0.3 is 571 Å². The van der Waals surface area contributed by atoms with Gasteiger partial charge < -0.3 is 0 Å². The van der Waals surface area contributed by atoms with E-state index in [1.807, 2.05) is 0 Å². The molecule has 0 spiro atoms. The van der Waals surface area contributed by atoms with Crippen molar-refractivity contribution < 1.29 is 0 Å². The van der Waals surface area contributed by atoms with Gasteiger partial charge in [-0.1, -0.05) is 0 Å². The predicted octanol–water partition coefficient (Wildman–Crippen LogP) is 13.6. The van der Waals surface area contributed by atoms with Gasteiger partial charge in [-0.3, -0.25) is 0 Å². The average molecular weight is 1340 g/mol. The van der Waals surface area contributed by atoms with Crippen molar-refractivity contribution in [3.63, 3.8) is 0 Å². The summed E-state index contributed by atoms with van der Waals surface area (Å²) in [4.78, 5) is 10.0. The molecule has 14 aromatic carbocycles. The van der Waals surface area contributed by atoms with E-state index in [1.165, 1.54) is 84.5 Å². The summed E-state index contributed by atoms with van der Waals surface area (Å²) >= 11 is -0.464. The van der Waals surface area contributed by atoms with Crippen LogP contribution in [-0.2, 0) is 5.66 Å². The number of nitrogens with one attached hydrogen (secondary N) is 2. The molecule has 0 radical (unpaired) electrons. The minimum atomic E-state index is -0.762. The zero-order valence-corrected chi connectivity index (χ0v) is 55.0. The van der Waals surface area contributed by atoms with E-state index in [-0.39, 0.29) is 43.3 Å². The molecule has 95 heavy (non-hydrogen) atoms. The molecule has 14 aromatic rings. The summed E-state index contributed by atoms with van der Waals surface area (Å²) in [5.41, 5.74) is 28.2. The molecule has 19 rings (SSSR count). The van der Waals surface area contributed by atoms with Gasteiger partial charge in [0.1, 0.15) is 0 Å². The first-order chi connectivity index (χ1) is 47.1. The zero-order valence-electron chi connectivity index (χ0n) is 51.6. The standard InChI is InChI=1S/C85H58B2N6Se2/c1-9-30-57(31-10-1)85(58-32-11-2-12-33-58)88-72-49-29-46-67(82(72)89-85)79-83-70(86-68-47-25-27-50-73(68)92(63-42-21-7-22-43-63)75-52-65(54-77(94-83)80(75)86)90(59-34-13-3-14-35-59)60-36-15-4-16-37-60)56-71-84(79)95-78-55-66(91(61-38-17-5-18-39-61)62-40-19-6-20-41-62)53-76-81(78)87(71)69-48-26-28-51-74(69)93(76)64-44-23-8-24-45-64/h1-56,88-89H. The van der Waals surface area contributed by atoms with Crippen LogP contribution in [-0.4, -0.2) is 43.3 Å². The number of anilines is 14. The van der Waals surface area contributed by atoms with Gasteiger partial charge in [0.05, 0.1) is 0 Å². The Hall–Kier alpha value is -11.0. The number of rotatable bonds is 11. The molecule has 0 aromatic heterocycles. The molecule has 0 saturated carbocycles. The van der Waals surface area contributed by atoms with Crippen molar-refractivity contribution in [1.29, 1.82) is 0 Å². The van der Waals surface area contributed by atoms with Crippen LogP contribution < -0.4 is 80.9 Å². The first kappa shape index (κ1) is 55.7. The van der Waals surface area contributed by atoms with Crippen LogP contribution in [0.1, 0.15) is 11.1 Å². The van der Waals surface area contributed by atoms with Gasteiger partial charge in [-0.15, -0.1) is 0 Å². The van der Waals surface area contributed by atoms with Crippen molar-refractivity contribution in [2.24, 2.45) is 0 Å². The molecule has 5 heterocycles. The van der Waals surface area contributed by atoms with Crippen LogP contribution in [0.5, 0.6) is 0 Å². The van der Waals surface area contributed by atoms with E-state index < -0.39 is 5.66 Å². The Labute approximate surface area is 567 Å². The van der Waals surface area contributed by atoms with E-state index >= 15 is 0 Å². The van der Waals surface area contributed by atoms with Crippen molar-refractivity contribution in [3.8, 4) is 11.1 Å². The third-order valence-corrected chi connectivity index (χ3v) is 24.6. The fraction of sp³-hybridized carbons (Fsp3) is 0.0118. The number of fused-ring (bicyclic) bond motifs is 9. The molecule has 0 atom stereocenters. The number of nitrogens with zero attached hydrogens (tertiary/aromatic N) is 4. The van der Waals surface area contributed by atoms with Crippen LogP contribution in [0.15, 0.2) is 340 Å². The van der Waals surface area contributed by atoms with Crippen molar-refractivity contribution in [2.75, 3.05) is 30.2 Å². The maximum absolute atomic E-state index is 4.37. The van der Waals surface area contributed by atoms with E-state index in [9.17, 15) is 0 Å². The van der Waals surface area contributed by atoms with Crippen molar-refractivity contribution in [3.05, 3.63) is 351 Å². The topological polar surface area (TPSA) is 37.0 Å². The Morgan fingerprint density at radius 3 is 1.08 bits per heavy atom. The molecule has 2 N–H and O–H groups in total. The van der Waals surface area contributed by atoms with E-state index in [4.69, 9.17) is 0 Å². The number of para-hydroxylation sites is 9. The van der Waals surface area contributed by atoms with E-state index in [0.717, 1.165) is 68.0 Å². The van der Waals surface area contributed by atoms with Gasteiger partial charge in [-0.2, -0.15) is 0 Å². The second-order valence-electron chi connectivity index (χ2n) is 24.8. The molecule has 5 aliphatic rings. The summed E-state index contributed by atoms with van der Waals surface area (Å²) in [5.74, 6) is 0. The summed E-state index contributed by atoms with van der Waals surface area (Å²) in [6.07, 6.45) is 0. The van der Waals surface area contributed by atoms with Gasteiger partial charge in [0.15, 0.2) is 0 Å². The van der Waals surface area contributed by atoms with Gasteiger partial charge in [0.25, 0.3) is 0 Å². The normalized spacial score (nSPS) is 13.8. The Kier molecular flexibility index (Phi) is 13.3. The Morgan fingerprint density at radius 1 is 0.305 bits per heavy atom. The second-order valence-corrected chi connectivity index (χ2v) is 29.3. The Balaban J connectivity index is 0.924. The maximum atomic E-state index is 4.37. The van der Waals surface area contributed by atoms with Crippen LogP contribution in [0, 0.1) is 0 Å². The molecular formula is C85H58B2N6Se2. The first-order valence-corrected chi connectivity index (χ1v) is 36.0. The molecule has 0 unspecified atom stereocenters. The van der Waals surface area contributed by atoms with Crippen molar-refractivity contribution >= 4 is 174 Å². The summed E-state index contributed by atoms with van der Waals surface area (Å²) < 4.78 is 5.64. The van der Waals surface area contributed by atoms with Crippen LogP contribution in [0.25, 0.3) is 11.1 Å². The molecule has 0 saturated heterocycles. The van der Waals surface area contributed by atoms with Crippen LogP contribution in [0.3, 0.4) is 0 Å². The van der Waals surface area contributed by atoms with Gasteiger partial charge in [0, 0.05) is 0 Å². The molecule has 6 nitrogen and oxygen atoms in total. The first-order valence-electron chi connectivity index (χ1n) is 32.6. The summed E-state index contributed by atoms with van der Waals surface area (Å²) in [6, 6.07) is 126. The van der Waals surface area contributed by atoms with Crippen molar-refractivity contribution in [2.45, 2.75) is 5.66 Å². The molecule has 0 bridgehead atoms. The number of benzene rings is 14. The predicted molar refractivity (Wildman–Crippen MR) is 404 cm³/mol. The quantitative estimate of drug-likeness (QED) is 0.126. The molecule has 0 amide bonds. The number of hydrogen-bond donors (Lipinski definition) is 2. The number of hydrogen-bond acceptors (Lipinski definition) is 6. The third kappa shape index (κ3) is 8.94. The summed E-state index contributed by atoms with van der Waals surface area (Å²) in [6.45, 7) is -0.198. The SMILES string of the molecule is c1ccc(N(c2ccccc2)c2cc3c4c(c2)N(c2ccccc2)c2ccccc2B4c2cc4c(c(-c5cccc6c5NC(c5ccccc5)(c5ccccc5)N6)c2[Se]3)[Se]c2cc(N(c3ccccc3)c3ccccc3)cc3c2B4c2ccccc2N3c2ccccc2)cc1. The van der Waals surface area contributed by atoms with Gasteiger partial charge in [-0.05, 0) is 0 Å². The average Bonchev–Trinajstić information content (AvgIpc) is 0.790. The van der Waals surface area contributed by atoms with Gasteiger partial charge in [0.2, 0.25) is 0 Å². The molecular weight excluding hydrogens is 1280 g/mol. The Bertz CT molecular complexity index is 4910. The van der Waals surface area contributed by atoms with Crippen LogP contribution in [0.4, 0.5) is 79.6 Å². The molecule has 5 aliphatic heterocycles. The van der Waals surface area contributed by atoms with Crippen molar-refractivity contribution in [1.82, 2.24) is 0 Å². The monoisotopic (exact) mass is 1340 g/mol. The minimum absolute atomic E-state index is 0.0990. The van der Waals surface area contributed by atoms with Gasteiger partial charge in [-0.25, -0.2) is 0 Å². The zero-order chi connectivity index (χ0) is 62.6. The molecule has 0 aliphatic carbocycles. The fourth-order valence-electron chi connectivity index (χ4n) is 15.6. The molecule has 10 heteroatoms. The van der Waals surface area contributed by atoms with Crippen LogP contribution in [0.2, 0.25) is 0 Å². The molecule has 0 fully saturated rings. The fourth-order valence-corrected chi connectivity index (χ4v) is 21.6. The Morgan fingerprint density at radius 2 is 0.674 bits per heavy atom. The van der Waals surface area contributed by atoms with E-state index in [2.05, 4.69) is 370 Å². The summed E-state index contributed by atoms with van der Waals surface area (Å²) in [7, 11) is 0.